The number of benzene rings is 1. The number of thiazole rings is 1. The number of guanidine groups is 1. The maximum atomic E-state index is 12.6. The lowest BCUT2D eigenvalue weighted by Crippen LogP contribution is -2.36. The molecule has 1 heterocycles. The number of aliphatic imine (C=N–C) groups is 1. The highest BCUT2D eigenvalue weighted by Gasteiger charge is 2.33. The number of carbonyl (C=O) groups excluding carboxylic acids is 1. The van der Waals surface area contributed by atoms with Gasteiger partial charge in [0.2, 0.25) is 0 Å². The monoisotopic (exact) mass is 541 g/mol. The molecule has 1 aromatic carbocycles. The molecular formula is C18H23F3IN5OS. The molecule has 3 N–H and O–H groups in total. The lowest BCUT2D eigenvalue weighted by Gasteiger charge is -2.10. The number of halogens is 4. The van der Waals surface area contributed by atoms with Gasteiger partial charge in [-0.1, -0.05) is 12.1 Å². The molecule has 0 aliphatic rings. The number of hydrogen-bond acceptors (Lipinski definition) is 4. The fourth-order valence-electron chi connectivity index (χ4n) is 2.22. The van der Waals surface area contributed by atoms with E-state index in [1.54, 1.807) is 12.1 Å². The first-order valence-corrected chi connectivity index (χ1v) is 9.62. The molecule has 0 radical (unpaired) electrons. The molecule has 2 aromatic rings. The molecule has 0 unspecified atom stereocenters. The van der Waals surface area contributed by atoms with Crippen molar-refractivity contribution in [3.8, 4) is 0 Å². The molecule has 11 heteroatoms. The van der Waals surface area contributed by atoms with E-state index in [9.17, 15) is 18.0 Å². The molecule has 0 saturated heterocycles. The fourth-order valence-corrected chi connectivity index (χ4v) is 2.96. The van der Waals surface area contributed by atoms with Crippen LogP contribution in [-0.2, 0) is 19.3 Å². The smallest absolute Gasteiger partial charge is 0.357 e. The van der Waals surface area contributed by atoms with Crippen LogP contribution in [0.4, 0.5) is 13.2 Å². The number of alkyl halides is 3. The van der Waals surface area contributed by atoms with E-state index in [0.29, 0.717) is 36.2 Å². The van der Waals surface area contributed by atoms with Gasteiger partial charge in [0.1, 0.15) is 5.01 Å². The van der Waals surface area contributed by atoms with Gasteiger partial charge in [0.25, 0.3) is 5.91 Å². The summed E-state index contributed by atoms with van der Waals surface area (Å²) in [6.07, 6.45) is -4.44. The first-order valence-electron chi connectivity index (χ1n) is 8.74. The summed E-state index contributed by atoms with van der Waals surface area (Å²) in [7, 11) is 0. The van der Waals surface area contributed by atoms with Crippen molar-refractivity contribution in [3.63, 3.8) is 0 Å². The van der Waals surface area contributed by atoms with Crippen molar-refractivity contribution in [2.24, 2.45) is 4.99 Å². The van der Waals surface area contributed by atoms with Crippen LogP contribution in [0.1, 0.15) is 40.5 Å². The molecule has 29 heavy (non-hydrogen) atoms. The Labute approximate surface area is 188 Å². The van der Waals surface area contributed by atoms with Crippen LogP contribution in [0.15, 0.2) is 34.6 Å². The largest absolute Gasteiger partial charge is 0.434 e. The zero-order valence-corrected chi connectivity index (χ0v) is 19.1. The van der Waals surface area contributed by atoms with E-state index < -0.39 is 11.9 Å². The molecule has 160 valence electrons. The van der Waals surface area contributed by atoms with Gasteiger partial charge in [0, 0.05) is 24.0 Å². The van der Waals surface area contributed by atoms with Gasteiger partial charge in [-0.2, -0.15) is 13.2 Å². The van der Waals surface area contributed by atoms with Crippen molar-refractivity contribution >= 4 is 47.2 Å². The predicted octanol–water partition coefficient (Wildman–Crippen LogP) is 3.78. The van der Waals surface area contributed by atoms with Crippen LogP contribution in [0.3, 0.4) is 0 Å². The Kier molecular flexibility index (Phi) is 10.4. The molecule has 0 atom stereocenters. The van der Waals surface area contributed by atoms with Crippen LogP contribution in [0.2, 0.25) is 0 Å². The standard InChI is InChI=1S/C18H22F3N5OS.HI/c1-3-22-16(27)13-7-5-12(6-8-13)9-24-17(23-4-2)25-10-15-26-14(11-28-15)18(19,20)21;/h5-8,11H,3-4,9-10H2,1-2H3,(H,22,27)(H2,23,24,25);1H. The molecule has 0 aliphatic carbocycles. The Hall–Kier alpha value is -1.89. The van der Waals surface area contributed by atoms with Crippen molar-refractivity contribution in [1.82, 2.24) is 20.9 Å². The Morgan fingerprint density at radius 2 is 1.76 bits per heavy atom. The average Bonchev–Trinajstić information content (AvgIpc) is 3.14. The average molecular weight is 541 g/mol. The summed E-state index contributed by atoms with van der Waals surface area (Å²) in [5.74, 6) is 0.341. The van der Waals surface area contributed by atoms with Crippen molar-refractivity contribution in [2.75, 3.05) is 13.1 Å². The summed E-state index contributed by atoms with van der Waals surface area (Å²) < 4.78 is 37.8. The Morgan fingerprint density at radius 1 is 1.10 bits per heavy atom. The van der Waals surface area contributed by atoms with E-state index in [1.165, 1.54) is 0 Å². The number of rotatable bonds is 7. The first kappa shape index (κ1) is 25.1. The highest BCUT2D eigenvalue weighted by atomic mass is 127. The third kappa shape index (κ3) is 8.17. The zero-order chi connectivity index (χ0) is 20.6. The minimum atomic E-state index is -4.44. The quantitative estimate of drug-likeness (QED) is 0.283. The summed E-state index contributed by atoms with van der Waals surface area (Å²) >= 11 is 0.945. The van der Waals surface area contributed by atoms with Gasteiger partial charge in [0.15, 0.2) is 11.7 Å². The van der Waals surface area contributed by atoms with E-state index in [0.717, 1.165) is 22.3 Å². The number of hydrogen-bond donors (Lipinski definition) is 3. The van der Waals surface area contributed by atoms with Gasteiger partial charge in [-0.05, 0) is 31.5 Å². The second-order valence-corrected chi connectivity index (χ2v) is 6.67. The number of nitrogens with zero attached hydrogens (tertiary/aromatic N) is 2. The van der Waals surface area contributed by atoms with Crippen molar-refractivity contribution in [2.45, 2.75) is 33.1 Å². The molecule has 0 bridgehead atoms. The maximum absolute atomic E-state index is 12.6. The third-order valence-corrected chi connectivity index (χ3v) is 4.42. The van der Waals surface area contributed by atoms with E-state index >= 15 is 0 Å². The van der Waals surface area contributed by atoms with Crippen molar-refractivity contribution in [3.05, 3.63) is 51.5 Å². The van der Waals surface area contributed by atoms with E-state index in [2.05, 4.69) is 25.9 Å². The summed E-state index contributed by atoms with van der Waals surface area (Å²) in [5.41, 5.74) is 0.589. The van der Waals surface area contributed by atoms with E-state index in [1.807, 2.05) is 26.0 Å². The van der Waals surface area contributed by atoms with Crippen LogP contribution in [-0.4, -0.2) is 29.9 Å². The molecule has 0 fully saturated rings. The molecule has 1 aromatic heterocycles. The molecule has 6 nitrogen and oxygen atoms in total. The lowest BCUT2D eigenvalue weighted by molar-refractivity contribution is -0.140. The summed E-state index contributed by atoms with van der Waals surface area (Å²) in [6.45, 7) is 5.41. The van der Waals surface area contributed by atoms with Gasteiger partial charge in [-0.15, -0.1) is 35.3 Å². The topological polar surface area (TPSA) is 78.4 Å². The van der Waals surface area contributed by atoms with E-state index in [-0.39, 0.29) is 36.4 Å². The first-order chi connectivity index (χ1) is 13.3. The Morgan fingerprint density at radius 3 is 2.31 bits per heavy atom. The predicted molar refractivity (Wildman–Crippen MR) is 119 cm³/mol. The van der Waals surface area contributed by atoms with Crippen LogP contribution < -0.4 is 16.0 Å². The maximum Gasteiger partial charge on any atom is 0.434 e. The number of amides is 1. The van der Waals surface area contributed by atoms with Crippen LogP contribution >= 0.6 is 35.3 Å². The van der Waals surface area contributed by atoms with Crippen LogP contribution in [0.5, 0.6) is 0 Å². The minimum absolute atomic E-state index is 0. The summed E-state index contributed by atoms with van der Waals surface area (Å²) in [5, 5.41) is 10.1. The summed E-state index contributed by atoms with van der Waals surface area (Å²) in [6, 6.07) is 7.08. The van der Waals surface area contributed by atoms with Crippen LogP contribution in [0.25, 0.3) is 0 Å². The second kappa shape index (κ2) is 12.0. The highest BCUT2D eigenvalue weighted by Crippen LogP contribution is 2.29. The summed E-state index contributed by atoms with van der Waals surface area (Å²) in [4.78, 5) is 19.8. The van der Waals surface area contributed by atoms with Gasteiger partial charge in [-0.3, -0.25) is 4.79 Å². The van der Waals surface area contributed by atoms with Gasteiger partial charge in [0.05, 0.1) is 13.1 Å². The van der Waals surface area contributed by atoms with Crippen molar-refractivity contribution in [1.29, 1.82) is 0 Å². The third-order valence-electron chi connectivity index (χ3n) is 3.57. The molecular weight excluding hydrogens is 518 g/mol. The second-order valence-electron chi connectivity index (χ2n) is 5.73. The molecule has 1 amide bonds. The molecule has 2 rings (SSSR count). The zero-order valence-electron chi connectivity index (χ0n) is 16.0. The Balaban J connectivity index is 0.00000420. The molecule has 0 spiro atoms. The normalized spacial score (nSPS) is 11.6. The number of carbonyl (C=O) groups is 1. The SMILES string of the molecule is CCNC(=O)c1ccc(CN=C(NCC)NCc2nc(C(F)(F)F)cs2)cc1.I. The van der Waals surface area contributed by atoms with E-state index in [4.69, 9.17) is 0 Å². The molecule has 0 saturated carbocycles. The van der Waals surface area contributed by atoms with Gasteiger partial charge >= 0.3 is 6.18 Å². The van der Waals surface area contributed by atoms with Crippen molar-refractivity contribution < 1.29 is 18.0 Å². The fraction of sp³-hybridized carbons (Fsp3) is 0.389. The highest BCUT2D eigenvalue weighted by molar-refractivity contribution is 14.0. The number of aromatic nitrogens is 1. The number of nitrogens with one attached hydrogen (secondary N) is 3. The lowest BCUT2D eigenvalue weighted by atomic mass is 10.1. The van der Waals surface area contributed by atoms with Crippen LogP contribution in [0, 0.1) is 0 Å². The Bertz CT molecular complexity index is 809. The van der Waals surface area contributed by atoms with Gasteiger partial charge < -0.3 is 16.0 Å². The minimum Gasteiger partial charge on any atom is -0.357 e. The van der Waals surface area contributed by atoms with Gasteiger partial charge in [-0.25, -0.2) is 9.98 Å². The molecule has 0 aliphatic heterocycles.